The molecule has 2 N–H and O–H groups in total. The van der Waals surface area contributed by atoms with Crippen molar-refractivity contribution in [2.45, 2.75) is 6.10 Å². The first-order chi connectivity index (χ1) is 7.97. The number of aliphatic hydroxyl groups excluding tert-OH is 1. The minimum absolute atomic E-state index is 0.254. The number of morpholine rings is 1. The van der Waals surface area contributed by atoms with E-state index >= 15 is 0 Å². The Kier molecular flexibility index (Phi) is 5.28. The number of hydrogen-bond donors (Lipinski definition) is 2. The minimum Gasteiger partial charge on any atom is -0.467 e. The summed E-state index contributed by atoms with van der Waals surface area (Å²) in [5.74, 6) is -0.880. The number of esters is 1. The maximum absolute atomic E-state index is 11.7. The Bertz CT molecular complexity index is 351. The van der Waals surface area contributed by atoms with E-state index in [0.717, 1.165) is 7.11 Å². The number of ether oxygens (including phenoxy) is 2. The number of aliphatic hydroxyl groups is 1. The maximum atomic E-state index is 11.7. The van der Waals surface area contributed by atoms with Gasteiger partial charge in [-0.25, -0.2) is 4.79 Å². The van der Waals surface area contributed by atoms with Crippen molar-refractivity contribution in [2.75, 3.05) is 40.0 Å². The van der Waals surface area contributed by atoms with E-state index in [1.54, 1.807) is 0 Å². The maximum Gasteiger partial charge on any atom is 0.336 e. The summed E-state index contributed by atoms with van der Waals surface area (Å²) < 4.78 is 36.0. The first-order valence-electron chi connectivity index (χ1n) is 5.06. The lowest BCUT2D eigenvalue weighted by molar-refractivity contribution is -0.149. The van der Waals surface area contributed by atoms with Gasteiger partial charge in [0.25, 0.3) is 10.2 Å². The fourth-order valence-electron chi connectivity index (χ4n) is 1.28. The van der Waals surface area contributed by atoms with Crippen LogP contribution in [-0.4, -0.2) is 69.9 Å². The molecule has 1 rings (SSSR count). The molecule has 8 nitrogen and oxygen atoms in total. The highest BCUT2D eigenvalue weighted by Gasteiger charge is 2.26. The summed E-state index contributed by atoms with van der Waals surface area (Å²) in [5.41, 5.74) is 0. The summed E-state index contributed by atoms with van der Waals surface area (Å²) in [6.07, 6.45) is -1.50. The van der Waals surface area contributed by atoms with E-state index in [4.69, 9.17) is 4.74 Å². The third kappa shape index (κ3) is 4.21. The van der Waals surface area contributed by atoms with Crippen molar-refractivity contribution in [1.82, 2.24) is 9.03 Å². The van der Waals surface area contributed by atoms with Crippen molar-refractivity contribution < 1.29 is 27.8 Å². The van der Waals surface area contributed by atoms with Crippen LogP contribution in [0.2, 0.25) is 0 Å². The van der Waals surface area contributed by atoms with Gasteiger partial charge < -0.3 is 14.6 Å². The molecule has 0 aliphatic carbocycles. The van der Waals surface area contributed by atoms with Crippen LogP contribution in [0.3, 0.4) is 0 Å². The van der Waals surface area contributed by atoms with Gasteiger partial charge in [-0.2, -0.15) is 17.4 Å². The van der Waals surface area contributed by atoms with Gasteiger partial charge in [-0.05, 0) is 0 Å². The number of carbonyl (C=O) groups is 1. The lowest BCUT2D eigenvalue weighted by atomic mass is 10.4. The third-order valence-electron chi connectivity index (χ3n) is 2.24. The van der Waals surface area contributed by atoms with Crippen LogP contribution >= 0.6 is 0 Å². The normalized spacial score (nSPS) is 19.9. The average molecular weight is 268 g/mol. The van der Waals surface area contributed by atoms with Gasteiger partial charge in [0.2, 0.25) is 0 Å². The molecule has 0 bridgehead atoms. The zero-order valence-corrected chi connectivity index (χ0v) is 10.3. The number of hydrogen-bond acceptors (Lipinski definition) is 6. The van der Waals surface area contributed by atoms with Crippen LogP contribution in [0, 0.1) is 0 Å². The molecule has 17 heavy (non-hydrogen) atoms. The Morgan fingerprint density at radius 1 is 1.53 bits per heavy atom. The van der Waals surface area contributed by atoms with E-state index < -0.39 is 28.8 Å². The molecule has 1 fully saturated rings. The van der Waals surface area contributed by atoms with E-state index in [1.807, 2.05) is 0 Å². The van der Waals surface area contributed by atoms with Crippen LogP contribution in [-0.2, 0) is 24.5 Å². The van der Waals surface area contributed by atoms with Crippen LogP contribution in [0.15, 0.2) is 0 Å². The third-order valence-corrected chi connectivity index (χ3v) is 3.82. The van der Waals surface area contributed by atoms with Gasteiger partial charge in [0.05, 0.1) is 20.3 Å². The highest BCUT2D eigenvalue weighted by molar-refractivity contribution is 7.87. The summed E-state index contributed by atoms with van der Waals surface area (Å²) in [5, 5.41) is 9.23. The lowest BCUT2D eigenvalue weighted by Crippen LogP contribution is -2.49. The SMILES string of the molecule is COC(=O)C(O)CNS(=O)(=O)N1CCOCC1. The predicted molar refractivity (Wildman–Crippen MR) is 57.3 cm³/mol. The quantitative estimate of drug-likeness (QED) is 0.543. The summed E-state index contributed by atoms with van der Waals surface area (Å²) in [6, 6.07) is 0. The summed E-state index contributed by atoms with van der Waals surface area (Å²) >= 11 is 0. The summed E-state index contributed by atoms with van der Waals surface area (Å²) in [7, 11) is -2.57. The van der Waals surface area contributed by atoms with Gasteiger partial charge in [-0.15, -0.1) is 0 Å². The Balaban J connectivity index is 2.46. The Morgan fingerprint density at radius 2 is 2.12 bits per heavy atom. The smallest absolute Gasteiger partial charge is 0.336 e. The molecule has 1 heterocycles. The van der Waals surface area contributed by atoms with Crippen molar-refractivity contribution in [1.29, 1.82) is 0 Å². The molecule has 1 atom stereocenters. The van der Waals surface area contributed by atoms with E-state index in [2.05, 4.69) is 9.46 Å². The number of methoxy groups -OCH3 is 1. The van der Waals surface area contributed by atoms with Crippen LogP contribution in [0.25, 0.3) is 0 Å². The van der Waals surface area contributed by atoms with Crippen molar-refractivity contribution >= 4 is 16.2 Å². The molecule has 0 aromatic heterocycles. The molecule has 1 saturated heterocycles. The van der Waals surface area contributed by atoms with Gasteiger partial charge >= 0.3 is 5.97 Å². The van der Waals surface area contributed by atoms with E-state index in [1.165, 1.54) is 4.31 Å². The fourth-order valence-corrected chi connectivity index (χ4v) is 2.46. The molecular weight excluding hydrogens is 252 g/mol. The van der Waals surface area contributed by atoms with Crippen LogP contribution in [0.4, 0.5) is 0 Å². The van der Waals surface area contributed by atoms with Crippen LogP contribution in [0.1, 0.15) is 0 Å². The zero-order valence-electron chi connectivity index (χ0n) is 9.46. The Morgan fingerprint density at radius 3 is 2.65 bits per heavy atom. The van der Waals surface area contributed by atoms with Crippen LogP contribution in [0.5, 0.6) is 0 Å². The largest absolute Gasteiger partial charge is 0.467 e. The second-order valence-corrected chi connectivity index (χ2v) is 5.16. The fraction of sp³-hybridized carbons (Fsp3) is 0.875. The van der Waals surface area contributed by atoms with E-state index in [-0.39, 0.29) is 13.1 Å². The highest BCUT2D eigenvalue weighted by atomic mass is 32.2. The number of rotatable bonds is 5. The average Bonchev–Trinajstić information content (AvgIpc) is 2.36. The minimum atomic E-state index is -3.68. The van der Waals surface area contributed by atoms with Crippen molar-refractivity contribution in [2.24, 2.45) is 0 Å². The van der Waals surface area contributed by atoms with Gasteiger partial charge in [-0.3, -0.25) is 0 Å². The monoisotopic (exact) mass is 268 g/mol. The molecule has 0 saturated carbocycles. The van der Waals surface area contributed by atoms with Gasteiger partial charge in [0.15, 0.2) is 6.10 Å². The highest BCUT2D eigenvalue weighted by Crippen LogP contribution is 2.02. The summed E-state index contributed by atoms with van der Waals surface area (Å²) in [4.78, 5) is 10.9. The number of nitrogens with zero attached hydrogens (tertiary/aromatic N) is 1. The topological polar surface area (TPSA) is 105 Å². The first-order valence-corrected chi connectivity index (χ1v) is 6.50. The zero-order chi connectivity index (χ0) is 12.9. The molecule has 1 unspecified atom stereocenters. The number of nitrogens with one attached hydrogen (secondary N) is 1. The van der Waals surface area contributed by atoms with E-state index in [0.29, 0.717) is 13.2 Å². The molecular formula is C8H16N2O6S. The van der Waals surface area contributed by atoms with Gasteiger partial charge in [-0.1, -0.05) is 0 Å². The molecule has 1 aliphatic heterocycles. The standard InChI is InChI=1S/C8H16N2O6S/c1-15-8(12)7(11)6-9-17(13,14)10-2-4-16-5-3-10/h7,9,11H,2-6H2,1H3. The Labute approximate surface area is 99.7 Å². The second-order valence-electron chi connectivity index (χ2n) is 3.40. The molecule has 0 aromatic carbocycles. The Hall–Kier alpha value is -0.740. The van der Waals surface area contributed by atoms with E-state index in [9.17, 15) is 18.3 Å². The predicted octanol–water partition coefficient (Wildman–Crippen LogP) is -2.31. The molecule has 100 valence electrons. The van der Waals surface area contributed by atoms with Gasteiger partial charge in [0, 0.05) is 19.6 Å². The van der Waals surface area contributed by atoms with Crippen LogP contribution < -0.4 is 4.72 Å². The molecule has 0 amide bonds. The molecule has 0 radical (unpaired) electrons. The van der Waals surface area contributed by atoms with Crippen molar-refractivity contribution in [3.63, 3.8) is 0 Å². The van der Waals surface area contributed by atoms with Gasteiger partial charge in [0.1, 0.15) is 0 Å². The molecule has 9 heteroatoms. The second kappa shape index (κ2) is 6.26. The lowest BCUT2D eigenvalue weighted by Gasteiger charge is -2.26. The molecule has 0 aromatic rings. The van der Waals surface area contributed by atoms with Crippen molar-refractivity contribution in [3.8, 4) is 0 Å². The molecule has 1 aliphatic rings. The summed E-state index contributed by atoms with van der Waals surface area (Å²) in [6.45, 7) is 0.764. The number of carbonyl (C=O) groups excluding carboxylic acids is 1. The van der Waals surface area contributed by atoms with Crippen molar-refractivity contribution in [3.05, 3.63) is 0 Å². The first kappa shape index (κ1) is 14.3. The molecule has 0 spiro atoms.